The molecule has 0 unspecified atom stereocenters. The van der Waals surface area contributed by atoms with Crippen molar-refractivity contribution in [3.05, 3.63) is 40.8 Å². The fourth-order valence-corrected chi connectivity index (χ4v) is 1.98. The zero-order valence-electron chi connectivity index (χ0n) is 10.6. The summed E-state index contributed by atoms with van der Waals surface area (Å²) < 4.78 is 6.11. The van der Waals surface area contributed by atoms with Crippen molar-refractivity contribution in [1.82, 2.24) is 9.97 Å². The van der Waals surface area contributed by atoms with Gasteiger partial charge in [-0.2, -0.15) is 0 Å². The molecule has 1 heterocycles. The quantitative estimate of drug-likeness (QED) is 0.850. The molecule has 0 amide bonds. The highest BCUT2D eigenvalue weighted by Gasteiger charge is 2.02. The lowest BCUT2D eigenvalue weighted by Crippen LogP contribution is -1.96. The van der Waals surface area contributed by atoms with Gasteiger partial charge in [-0.05, 0) is 25.1 Å². The monoisotopic (exact) mass is 260 g/mol. The summed E-state index contributed by atoms with van der Waals surface area (Å²) in [6.45, 7) is 4.69. The maximum atomic E-state index is 5.50. The van der Waals surface area contributed by atoms with Crippen molar-refractivity contribution in [1.29, 1.82) is 0 Å². The van der Waals surface area contributed by atoms with E-state index in [9.17, 15) is 0 Å². The third kappa shape index (κ3) is 2.96. The molecule has 2 aromatic rings. The molecular weight excluding hydrogens is 244 g/mol. The summed E-state index contributed by atoms with van der Waals surface area (Å²) in [5, 5.41) is 0. The number of aryl methyl sites for hydroxylation is 1. The molecule has 0 radical (unpaired) electrons. The van der Waals surface area contributed by atoms with Gasteiger partial charge in [0.2, 0.25) is 0 Å². The van der Waals surface area contributed by atoms with E-state index < -0.39 is 0 Å². The van der Waals surface area contributed by atoms with E-state index in [1.54, 1.807) is 0 Å². The van der Waals surface area contributed by atoms with E-state index in [0.717, 1.165) is 29.3 Å². The predicted octanol–water partition coefficient (Wildman–Crippen LogP) is 3.77. The average molecular weight is 260 g/mol. The van der Waals surface area contributed by atoms with Crippen LogP contribution in [0.5, 0.6) is 5.75 Å². The van der Waals surface area contributed by atoms with E-state index in [2.05, 4.69) is 9.97 Å². The lowest BCUT2D eigenvalue weighted by Gasteiger charge is -2.07. The first-order valence-corrected chi connectivity index (χ1v) is 6.47. The molecule has 2 rings (SSSR count). The second kappa shape index (κ2) is 5.78. The van der Waals surface area contributed by atoms with Crippen LogP contribution in [0.4, 0.5) is 0 Å². The van der Waals surface area contributed by atoms with E-state index in [0.29, 0.717) is 11.2 Å². The van der Waals surface area contributed by atoms with Gasteiger partial charge in [0.15, 0.2) is 0 Å². The van der Waals surface area contributed by atoms with Gasteiger partial charge in [0.25, 0.3) is 0 Å². The fraction of sp³-hybridized carbons (Fsp3) is 0.286. The number of benzene rings is 1. The minimum atomic E-state index is 0.613. The third-order valence-electron chi connectivity index (χ3n) is 2.58. The summed E-state index contributed by atoms with van der Waals surface area (Å²) in [7, 11) is 0. The lowest BCUT2D eigenvalue weighted by molar-refractivity contribution is 0.340. The number of hydrogen-bond donors (Lipinski definition) is 1. The van der Waals surface area contributed by atoms with Crippen LogP contribution in [0.3, 0.4) is 0 Å². The molecule has 0 fully saturated rings. The third-order valence-corrected chi connectivity index (χ3v) is 2.79. The number of nitrogens with one attached hydrogen (secondary N) is 1. The van der Waals surface area contributed by atoms with Gasteiger partial charge in [0.05, 0.1) is 6.61 Å². The first-order chi connectivity index (χ1) is 8.72. The first kappa shape index (κ1) is 12.8. The molecule has 0 aliphatic rings. The topological polar surface area (TPSA) is 37.9 Å². The van der Waals surface area contributed by atoms with Gasteiger partial charge in [-0.15, -0.1) is 0 Å². The Hall–Kier alpha value is -1.68. The number of aromatic nitrogens is 2. The summed E-state index contributed by atoms with van der Waals surface area (Å²) >= 11 is 5.18. The van der Waals surface area contributed by atoms with Gasteiger partial charge in [0, 0.05) is 17.7 Å². The normalized spacial score (nSPS) is 10.3. The molecule has 0 aliphatic heterocycles. The van der Waals surface area contributed by atoms with Gasteiger partial charge < -0.3 is 9.72 Å². The van der Waals surface area contributed by atoms with Crippen molar-refractivity contribution in [3.8, 4) is 17.0 Å². The zero-order chi connectivity index (χ0) is 13.0. The molecule has 3 nitrogen and oxygen atoms in total. The van der Waals surface area contributed by atoms with Crippen LogP contribution in [0.15, 0.2) is 30.3 Å². The number of hydrogen-bond acceptors (Lipinski definition) is 3. The molecule has 1 aromatic carbocycles. The second-order valence-electron chi connectivity index (χ2n) is 3.89. The molecule has 1 N–H and O–H groups in total. The highest BCUT2D eigenvalue weighted by molar-refractivity contribution is 7.71. The van der Waals surface area contributed by atoms with Crippen molar-refractivity contribution in [2.75, 3.05) is 6.61 Å². The maximum absolute atomic E-state index is 5.50. The van der Waals surface area contributed by atoms with Crippen molar-refractivity contribution in [3.63, 3.8) is 0 Å². The molecule has 0 spiro atoms. The molecule has 0 saturated heterocycles. The van der Waals surface area contributed by atoms with Crippen molar-refractivity contribution >= 4 is 12.2 Å². The van der Waals surface area contributed by atoms with E-state index in [4.69, 9.17) is 17.0 Å². The SMILES string of the molecule is CCOc1cccc(-c2cc(=S)nc(CC)[nH]2)c1. The Labute approximate surface area is 112 Å². The minimum absolute atomic E-state index is 0.613. The number of aromatic amines is 1. The van der Waals surface area contributed by atoms with Gasteiger partial charge in [-0.1, -0.05) is 31.3 Å². The zero-order valence-corrected chi connectivity index (χ0v) is 11.4. The van der Waals surface area contributed by atoms with E-state index >= 15 is 0 Å². The Balaban J connectivity index is 2.44. The van der Waals surface area contributed by atoms with E-state index in [1.807, 2.05) is 44.2 Å². The number of H-pyrrole nitrogens is 1. The van der Waals surface area contributed by atoms with Gasteiger partial charge in [-0.3, -0.25) is 0 Å². The summed E-state index contributed by atoms with van der Waals surface area (Å²) in [6.07, 6.45) is 0.836. The minimum Gasteiger partial charge on any atom is -0.494 e. The van der Waals surface area contributed by atoms with E-state index in [-0.39, 0.29) is 0 Å². The molecule has 0 saturated carbocycles. The van der Waals surface area contributed by atoms with Crippen molar-refractivity contribution in [2.45, 2.75) is 20.3 Å². The van der Waals surface area contributed by atoms with Crippen LogP contribution in [-0.4, -0.2) is 16.6 Å². The van der Waals surface area contributed by atoms with Crippen LogP contribution < -0.4 is 4.74 Å². The standard InChI is InChI=1S/C14H16N2OS/c1-3-13-15-12(9-14(18)16-13)10-6-5-7-11(8-10)17-4-2/h5-9H,3-4H2,1-2H3,(H,15,16,18). The Morgan fingerprint density at radius 1 is 1.28 bits per heavy atom. The molecule has 94 valence electrons. The van der Waals surface area contributed by atoms with Crippen LogP contribution in [0.1, 0.15) is 19.7 Å². The van der Waals surface area contributed by atoms with Crippen LogP contribution in [-0.2, 0) is 6.42 Å². The highest BCUT2D eigenvalue weighted by Crippen LogP contribution is 2.22. The largest absolute Gasteiger partial charge is 0.494 e. The van der Waals surface area contributed by atoms with Gasteiger partial charge in [0.1, 0.15) is 16.2 Å². The molecule has 4 heteroatoms. The fourth-order valence-electron chi connectivity index (χ4n) is 1.75. The van der Waals surface area contributed by atoms with Crippen molar-refractivity contribution in [2.24, 2.45) is 0 Å². The van der Waals surface area contributed by atoms with Crippen LogP contribution in [0.2, 0.25) is 0 Å². The Morgan fingerprint density at radius 3 is 2.83 bits per heavy atom. The van der Waals surface area contributed by atoms with Crippen LogP contribution in [0, 0.1) is 4.64 Å². The Kier molecular flexibility index (Phi) is 4.10. The summed E-state index contributed by atoms with van der Waals surface area (Å²) in [4.78, 5) is 7.55. The predicted molar refractivity (Wildman–Crippen MR) is 75.4 cm³/mol. The smallest absolute Gasteiger partial charge is 0.130 e. The Bertz CT molecular complexity index is 592. The average Bonchev–Trinajstić information content (AvgIpc) is 2.39. The summed E-state index contributed by atoms with van der Waals surface area (Å²) in [5.74, 6) is 1.77. The molecule has 18 heavy (non-hydrogen) atoms. The van der Waals surface area contributed by atoms with Gasteiger partial charge in [-0.25, -0.2) is 4.98 Å². The molecule has 0 aliphatic carbocycles. The lowest BCUT2D eigenvalue weighted by atomic mass is 10.1. The van der Waals surface area contributed by atoms with Crippen LogP contribution in [0.25, 0.3) is 11.3 Å². The second-order valence-corrected chi connectivity index (χ2v) is 4.31. The maximum Gasteiger partial charge on any atom is 0.130 e. The van der Waals surface area contributed by atoms with Crippen molar-refractivity contribution < 1.29 is 4.74 Å². The number of ether oxygens (including phenoxy) is 1. The molecule has 0 atom stereocenters. The molecule has 0 bridgehead atoms. The van der Waals surface area contributed by atoms with Crippen LogP contribution >= 0.6 is 12.2 Å². The van der Waals surface area contributed by atoms with E-state index in [1.165, 1.54) is 0 Å². The summed E-state index contributed by atoms with van der Waals surface area (Å²) in [5.41, 5.74) is 2.04. The highest BCUT2D eigenvalue weighted by atomic mass is 32.1. The Morgan fingerprint density at radius 2 is 2.11 bits per heavy atom. The molecule has 1 aromatic heterocycles. The van der Waals surface area contributed by atoms with Gasteiger partial charge >= 0.3 is 0 Å². The first-order valence-electron chi connectivity index (χ1n) is 6.06. The number of nitrogens with zero attached hydrogens (tertiary/aromatic N) is 1. The molecular formula is C14H16N2OS. The summed E-state index contributed by atoms with van der Waals surface area (Å²) in [6, 6.07) is 9.83. The number of rotatable bonds is 4.